The third kappa shape index (κ3) is 7.03. The first kappa shape index (κ1) is 18.6. The molecule has 2 N–H and O–H groups in total. The van der Waals surface area contributed by atoms with Gasteiger partial charge >= 0.3 is 5.97 Å². The number of carboxylic acids is 1. The summed E-state index contributed by atoms with van der Waals surface area (Å²) in [7, 11) is 0. The van der Waals surface area contributed by atoms with E-state index in [1.54, 1.807) is 6.08 Å². The predicted octanol–water partition coefficient (Wildman–Crippen LogP) is 3.50. The molecule has 0 bridgehead atoms. The number of hydrogen-bond acceptors (Lipinski definition) is 3. The highest BCUT2D eigenvalue weighted by molar-refractivity contribution is 5.89. The lowest BCUT2D eigenvalue weighted by molar-refractivity contribution is -0.136. The number of aliphatic hydroxyl groups is 1. The van der Waals surface area contributed by atoms with E-state index in [9.17, 15) is 14.7 Å². The van der Waals surface area contributed by atoms with Crippen LogP contribution in [0.5, 0.6) is 0 Å². The minimum absolute atomic E-state index is 0.135. The highest BCUT2D eigenvalue weighted by Crippen LogP contribution is 2.35. The molecule has 4 heteroatoms. The van der Waals surface area contributed by atoms with Crippen LogP contribution in [-0.2, 0) is 9.59 Å². The number of carboxylic acid groups (broad SMARTS) is 1. The second-order valence-electron chi connectivity index (χ2n) is 6.04. The topological polar surface area (TPSA) is 74.6 Å². The summed E-state index contributed by atoms with van der Waals surface area (Å²) in [6, 6.07) is 0. The van der Waals surface area contributed by atoms with E-state index in [4.69, 9.17) is 5.11 Å². The van der Waals surface area contributed by atoms with Crippen molar-refractivity contribution < 1.29 is 19.8 Å². The molecule has 1 aliphatic rings. The Labute approximate surface area is 132 Å². The number of rotatable bonds is 10. The molecule has 3 unspecified atom stereocenters. The Morgan fingerprint density at radius 3 is 2.64 bits per heavy atom. The third-order valence-corrected chi connectivity index (χ3v) is 4.25. The largest absolute Gasteiger partial charge is 0.481 e. The molecule has 0 aromatic carbocycles. The van der Waals surface area contributed by atoms with Gasteiger partial charge in [-0.3, -0.25) is 9.59 Å². The molecule has 4 nitrogen and oxygen atoms in total. The van der Waals surface area contributed by atoms with Crippen LogP contribution < -0.4 is 0 Å². The Kier molecular flexibility index (Phi) is 8.75. The second kappa shape index (κ2) is 10.3. The van der Waals surface area contributed by atoms with Crippen LogP contribution in [0, 0.1) is 11.8 Å². The molecular weight excluding hydrogens is 280 g/mol. The number of carbonyl (C=O) groups is 2. The van der Waals surface area contributed by atoms with Gasteiger partial charge in [-0.2, -0.15) is 0 Å². The maximum Gasteiger partial charge on any atom is 0.303 e. The smallest absolute Gasteiger partial charge is 0.303 e. The molecule has 1 saturated carbocycles. The van der Waals surface area contributed by atoms with Crippen LogP contribution in [0.4, 0.5) is 0 Å². The maximum atomic E-state index is 11.7. The van der Waals surface area contributed by atoms with Crippen LogP contribution >= 0.6 is 0 Å². The van der Waals surface area contributed by atoms with E-state index in [0.29, 0.717) is 12.8 Å². The first-order valence-corrected chi connectivity index (χ1v) is 8.30. The van der Waals surface area contributed by atoms with Crippen LogP contribution in [0.25, 0.3) is 0 Å². The Hall–Kier alpha value is -1.42. The quantitative estimate of drug-likeness (QED) is 0.478. The number of aliphatic hydroxyl groups excluding tert-OH is 1. The zero-order chi connectivity index (χ0) is 16.4. The molecule has 0 amide bonds. The molecular formula is C18H28O4. The SMILES string of the molecule is CCCCC(=O)C=CC1CCC(O)C1CC=CCCC(=O)O. The van der Waals surface area contributed by atoms with Crippen molar-refractivity contribution in [2.24, 2.45) is 11.8 Å². The van der Waals surface area contributed by atoms with Gasteiger partial charge in [0, 0.05) is 12.8 Å². The lowest BCUT2D eigenvalue weighted by Gasteiger charge is -2.17. The predicted molar refractivity (Wildman–Crippen MR) is 86.5 cm³/mol. The van der Waals surface area contributed by atoms with E-state index in [-0.39, 0.29) is 30.1 Å². The number of hydrogen-bond donors (Lipinski definition) is 2. The van der Waals surface area contributed by atoms with Gasteiger partial charge in [-0.1, -0.05) is 31.6 Å². The van der Waals surface area contributed by atoms with Gasteiger partial charge in [0.1, 0.15) is 0 Å². The molecule has 0 aromatic rings. The zero-order valence-corrected chi connectivity index (χ0v) is 13.4. The fourth-order valence-corrected chi connectivity index (χ4v) is 2.89. The number of ketones is 1. The summed E-state index contributed by atoms with van der Waals surface area (Å²) in [6.45, 7) is 2.07. The Balaban J connectivity index is 2.43. The highest BCUT2D eigenvalue weighted by atomic mass is 16.4. The number of aliphatic carboxylic acids is 1. The third-order valence-electron chi connectivity index (χ3n) is 4.25. The summed E-state index contributed by atoms with van der Waals surface area (Å²) in [5.41, 5.74) is 0. The molecule has 1 aliphatic carbocycles. The van der Waals surface area contributed by atoms with Gasteiger partial charge < -0.3 is 10.2 Å². The first-order chi connectivity index (χ1) is 10.5. The molecule has 1 rings (SSSR count). The van der Waals surface area contributed by atoms with Gasteiger partial charge in [0.25, 0.3) is 0 Å². The van der Waals surface area contributed by atoms with Crippen molar-refractivity contribution in [3.63, 3.8) is 0 Å². The van der Waals surface area contributed by atoms with Crippen molar-refractivity contribution in [3.05, 3.63) is 24.3 Å². The Morgan fingerprint density at radius 1 is 1.18 bits per heavy atom. The van der Waals surface area contributed by atoms with Gasteiger partial charge in [0.15, 0.2) is 5.78 Å². The van der Waals surface area contributed by atoms with E-state index in [1.165, 1.54) is 0 Å². The van der Waals surface area contributed by atoms with Crippen molar-refractivity contribution in [1.29, 1.82) is 0 Å². The van der Waals surface area contributed by atoms with E-state index in [1.807, 2.05) is 18.2 Å². The molecule has 0 aromatic heterocycles. The van der Waals surface area contributed by atoms with Crippen LogP contribution in [0.1, 0.15) is 58.3 Å². The molecule has 124 valence electrons. The Bertz CT molecular complexity index is 411. The molecule has 22 heavy (non-hydrogen) atoms. The van der Waals surface area contributed by atoms with Crippen LogP contribution in [0.2, 0.25) is 0 Å². The van der Waals surface area contributed by atoms with Crippen LogP contribution in [-0.4, -0.2) is 28.1 Å². The molecule has 0 heterocycles. The maximum absolute atomic E-state index is 11.7. The summed E-state index contributed by atoms with van der Waals surface area (Å²) in [5.74, 6) is -0.253. The normalized spacial score (nSPS) is 25.3. The van der Waals surface area contributed by atoms with Crippen LogP contribution in [0.3, 0.4) is 0 Å². The summed E-state index contributed by atoms with van der Waals surface area (Å²) in [4.78, 5) is 22.1. The highest BCUT2D eigenvalue weighted by Gasteiger charge is 2.32. The van der Waals surface area contributed by atoms with Crippen molar-refractivity contribution in [3.8, 4) is 0 Å². The zero-order valence-electron chi connectivity index (χ0n) is 13.4. The van der Waals surface area contributed by atoms with Crippen molar-refractivity contribution >= 4 is 11.8 Å². The summed E-state index contributed by atoms with van der Waals surface area (Å²) >= 11 is 0. The fourth-order valence-electron chi connectivity index (χ4n) is 2.89. The van der Waals surface area contributed by atoms with Gasteiger partial charge in [0.05, 0.1) is 6.10 Å². The lowest BCUT2D eigenvalue weighted by Crippen LogP contribution is -2.17. The standard InChI is InChI=1S/C18H28O4/c1-2-3-7-15(19)12-10-14-11-13-17(20)16(14)8-5-4-6-9-18(21)22/h4-5,10,12,14,16-17,20H,2-3,6-9,11,13H2,1H3,(H,21,22). The molecule has 0 saturated heterocycles. The number of unbranched alkanes of at least 4 members (excludes halogenated alkanes) is 1. The van der Waals surface area contributed by atoms with Gasteiger partial charge in [-0.25, -0.2) is 0 Å². The van der Waals surface area contributed by atoms with E-state index in [2.05, 4.69) is 6.92 Å². The number of allylic oxidation sites excluding steroid dienone is 4. The van der Waals surface area contributed by atoms with E-state index in [0.717, 1.165) is 32.1 Å². The van der Waals surface area contributed by atoms with Gasteiger partial charge in [0.2, 0.25) is 0 Å². The Morgan fingerprint density at radius 2 is 1.95 bits per heavy atom. The minimum Gasteiger partial charge on any atom is -0.481 e. The van der Waals surface area contributed by atoms with Crippen molar-refractivity contribution in [2.75, 3.05) is 0 Å². The van der Waals surface area contributed by atoms with Gasteiger partial charge in [-0.15, -0.1) is 0 Å². The van der Waals surface area contributed by atoms with E-state index >= 15 is 0 Å². The molecule has 3 atom stereocenters. The summed E-state index contributed by atoms with van der Waals surface area (Å²) < 4.78 is 0. The van der Waals surface area contributed by atoms with Crippen LogP contribution in [0.15, 0.2) is 24.3 Å². The number of carbonyl (C=O) groups excluding carboxylic acids is 1. The first-order valence-electron chi connectivity index (χ1n) is 8.30. The van der Waals surface area contributed by atoms with Gasteiger partial charge in [-0.05, 0) is 50.0 Å². The van der Waals surface area contributed by atoms with Crippen molar-refractivity contribution in [2.45, 2.75) is 64.4 Å². The minimum atomic E-state index is -0.794. The molecule has 0 radical (unpaired) electrons. The lowest BCUT2D eigenvalue weighted by atomic mass is 9.90. The summed E-state index contributed by atoms with van der Waals surface area (Å²) in [6.07, 6.45) is 12.8. The molecule has 0 aliphatic heterocycles. The fraction of sp³-hybridized carbons (Fsp3) is 0.667. The monoisotopic (exact) mass is 308 g/mol. The average molecular weight is 308 g/mol. The molecule has 1 fully saturated rings. The van der Waals surface area contributed by atoms with E-state index < -0.39 is 5.97 Å². The molecule has 0 spiro atoms. The second-order valence-corrected chi connectivity index (χ2v) is 6.04. The average Bonchev–Trinajstić information content (AvgIpc) is 2.83. The van der Waals surface area contributed by atoms with Crippen molar-refractivity contribution in [1.82, 2.24) is 0 Å². The summed E-state index contributed by atoms with van der Waals surface area (Å²) in [5, 5.41) is 18.6.